The average molecular weight is 458 g/mol. The Balaban J connectivity index is 1.37. The maximum atomic E-state index is 13.1. The number of aromatic nitrogens is 3. The van der Waals surface area contributed by atoms with Crippen molar-refractivity contribution in [1.29, 1.82) is 0 Å². The lowest BCUT2D eigenvalue weighted by Gasteiger charge is -2.69. The summed E-state index contributed by atoms with van der Waals surface area (Å²) >= 11 is 0. The first-order chi connectivity index (χ1) is 14.9. The van der Waals surface area contributed by atoms with E-state index in [1.807, 2.05) is 0 Å². The number of carbonyl (C=O) groups excluding carboxylic acids is 1. The predicted octanol–water partition coefficient (Wildman–Crippen LogP) is 5.04. The molecule has 1 atom stereocenters. The number of aryl methyl sites for hydroxylation is 1. The molecule has 2 bridgehead atoms. The van der Waals surface area contributed by atoms with Crippen molar-refractivity contribution >= 4 is 5.91 Å². The minimum atomic E-state index is -4.58. The van der Waals surface area contributed by atoms with Crippen molar-refractivity contribution in [3.8, 4) is 11.3 Å². The monoisotopic (exact) mass is 458 g/mol. The summed E-state index contributed by atoms with van der Waals surface area (Å²) in [6.07, 6.45) is -6.19. The number of amides is 1. The summed E-state index contributed by atoms with van der Waals surface area (Å²) in [5, 5.41) is 7.34. The van der Waals surface area contributed by atoms with Crippen molar-refractivity contribution in [2.24, 2.45) is 10.8 Å². The molecule has 0 unspecified atom stereocenters. The number of hydrogen-bond acceptors (Lipinski definition) is 3. The molecule has 1 amide bonds. The van der Waals surface area contributed by atoms with E-state index in [4.69, 9.17) is 0 Å². The third-order valence-corrected chi connectivity index (χ3v) is 7.05. The number of hydrogen-bond donors (Lipinski definition) is 1. The van der Waals surface area contributed by atoms with Crippen molar-refractivity contribution < 1.29 is 31.1 Å². The Morgan fingerprint density at radius 3 is 2.47 bits per heavy atom. The molecule has 2 aromatic heterocycles. The average Bonchev–Trinajstić information content (AvgIpc) is 2.96. The molecule has 4 aliphatic rings. The Morgan fingerprint density at radius 1 is 1.09 bits per heavy atom. The van der Waals surface area contributed by atoms with Gasteiger partial charge in [0.25, 0.3) is 0 Å². The lowest BCUT2D eigenvalue weighted by molar-refractivity contribution is -0.351. The number of nitrogens with one attached hydrogen (secondary N) is 1. The second-order valence-electron chi connectivity index (χ2n) is 9.22. The number of pyridine rings is 1. The van der Waals surface area contributed by atoms with Gasteiger partial charge in [-0.1, -0.05) is 0 Å². The van der Waals surface area contributed by atoms with E-state index in [0.29, 0.717) is 24.4 Å². The van der Waals surface area contributed by atoms with Crippen LogP contribution < -0.4 is 5.32 Å². The van der Waals surface area contributed by atoms with Crippen LogP contribution in [0, 0.1) is 10.8 Å². The summed E-state index contributed by atoms with van der Waals surface area (Å²) in [5.41, 5.74) is -2.46. The highest BCUT2D eigenvalue weighted by molar-refractivity contribution is 5.87. The van der Waals surface area contributed by atoms with Gasteiger partial charge in [-0.15, -0.1) is 0 Å². The van der Waals surface area contributed by atoms with Crippen LogP contribution in [0.4, 0.5) is 26.3 Å². The first-order valence-corrected chi connectivity index (χ1v) is 10.4. The number of halogens is 6. The van der Waals surface area contributed by atoms with Gasteiger partial charge in [0.05, 0.1) is 28.3 Å². The molecule has 32 heavy (non-hydrogen) atoms. The van der Waals surface area contributed by atoms with Gasteiger partial charge in [-0.3, -0.25) is 14.5 Å². The molecule has 1 aliphatic heterocycles. The fourth-order valence-electron chi connectivity index (χ4n) is 5.32. The quantitative estimate of drug-likeness (QED) is 0.656. The van der Waals surface area contributed by atoms with Gasteiger partial charge in [0.2, 0.25) is 5.91 Å². The molecule has 0 saturated heterocycles. The van der Waals surface area contributed by atoms with Crippen LogP contribution in [0.15, 0.2) is 24.4 Å². The molecule has 5 nitrogen and oxygen atoms in total. The van der Waals surface area contributed by atoms with Crippen molar-refractivity contribution in [2.75, 3.05) is 0 Å². The van der Waals surface area contributed by atoms with Crippen molar-refractivity contribution in [3.05, 3.63) is 35.8 Å². The SMILES string of the molecule is O=C(N[C@H]1CCCCn2nc(-c3ccnc(C(F)(F)F)c3)cc21)C12CC(C(F)(F)F)(C1)C2. The van der Waals surface area contributed by atoms with E-state index >= 15 is 0 Å². The normalized spacial score (nSPS) is 29.4. The van der Waals surface area contributed by atoms with E-state index in [9.17, 15) is 31.1 Å². The number of nitrogens with zero attached hydrogens (tertiary/aromatic N) is 3. The third-order valence-electron chi connectivity index (χ3n) is 7.05. The summed E-state index contributed by atoms with van der Waals surface area (Å²) < 4.78 is 80.1. The molecule has 0 radical (unpaired) electrons. The Kier molecular flexibility index (Phi) is 4.46. The molecule has 0 aromatic carbocycles. The molecule has 3 saturated carbocycles. The van der Waals surface area contributed by atoms with E-state index in [-0.39, 0.29) is 30.7 Å². The van der Waals surface area contributed by atoms with E-state index in [1.54, 1.807) is 10.7 Å². The van der Waals surface area contributed by atoms with Crippen LogP contribution in [0.2, 0.25) is 0 Å². The molecule has 3 fully saturated rings. The third kappa shape index (κ3) is 3.19. The second-order valence-corrected chi connectivity index (χ2v) is 9.22. The predicted molar refractivity (Wildman–Crippen MR) is 100.0 cm³/mol. The van der Waals surface area contributed by atoms with Crippen LogP contribution in [0.25, 0.3) is 11.3 Å². The largest absolute Gasteiger partial charge is 0.433 e. The van der Waals surface area contributed by atoms with Crippen LogP contribution in [0.5, 0.6) is 0 Å². The highest BCUT2D eigenvalue weighted by atomic mass is 19.4. The van der Waals surface area contributed by atoms with Gasteiger partial charge in [-0.05, 0) is 56.7 Å². The zero-order valence-electron chi connectivity index (χ0n) is 16.9. The van der Waals surface area contributed by atoms with Gasteiger partial charge in [0.15, 0.2) is 0 Å². The van der Waals surface area contributed by atoms with Crippen LogP contribution in [0.3, 0.4) is 0 Å². The summed E-state index contributed by atoms with van der Waals surface area (Å²) in [5.74, 6) is -0.381. The molecule has 0 spiro atoms. The fourth-order valence-corrected chi connectivity index (χ4v) is 5.32. The van der Waals surface area contributed by atoms with Gasteiger partial charge in [0, 0.05) is 18.3 Å². The van der Waals surface area contributed by atoms with Gasteiger partial charge >= 0.3 is 12.4 Å². The molecule has 172 valence electrons. The van der Waals surface area contributed by atoms with Crippen LogP contribution in [0.1, 0.15) is 56.0 Å². The van der Waals surface area contributed by atoms with E-state index < -0.39 is 34.9 Å². The molecule has 3 heterocycles. The Labute approximate surface area is 179 Å². The van der Waals surface area contributed by atoms with Crippen LogP contribution in [-0.4, -0.2) is 26.8 Å². The van der Waals surface area contributed by atoms with Crippen molar-refractivity contribution in [1.82, 2.24) is 20.1 Å². The zero-order chi connectivity index (χ0) is 22.9. The lowest BCUT2D eigenvalue weighted by atomic mass is 9.34. The number of fused-ring (bicyclic) bond motifs is 1. The molecule has 11 heteroatoms. The van der Waals surface area contributed by atoms with Gasteiger partial charge in [0.1, 0.15) is 5.69 Å². The number of carbonyl (C=O) groups is 1. The summed E-state index contributed by atoms with van der Waals surface area (Å²) in [6, 6.07) is 3.55. The molecule has 2 aromatic rings. The van der Waals surface area contributed by atoms with Crippen molar-refractivity contribution in [3.63, 3.8) is 0 Å². The maximum Gasteiger partial charge on any atom is 0.433 e. The number of rotatable bonds is 3. The van der Waals surface area contributed by atoms with Crippen molar-refractivity contribution in [2.45, 2.75) is 63.5 Å². The first kappa shape index (κ1) is 21.3. The Morgan fingerprint density at radius 2 is 1.81 bits per heavy atom. The van der Waals surface area contributed by atoms with Gasteiger partial charge < -0.3 is 5.32 Å². The highest BCUT2D eigenvalue weighted by Gasteiger charge is 2.80. The minimum absolute atomic E-state index is 0.177. The van der Waals surface area contributed by atoms with E-state index in [2.05, 4.69) is 15.4 Å². The topological polar surface area (TPSA) is 59.8 Å². The highest BCUT2D eigenvalue weighted by Crippen LogP contribution is 2.78. The summed E-state index contributed by atoms with van der Waals surface area (Å²) in [6.45, 7) is 0.543. The lowest BCUT2D eigenvalue weighted by Crippen LogP contribution is -2.72. The second kappa shape index (κ2) is 6.71. The zero-order valence-corrected chi connectivity index (χ0v) is 16.9. The molecule has 3 aliphatic carbocycles. The standard InChI is InChI=1S/C21H20F6N4O/c22-20(23,24)16-7-12(4-5-28-16)14-8-15-13(3-1-2-6-31(15)30-14)29-17(32)18-9-19(10-18,11-18)21(25,26)27/h4-5,7-8,13H,1-3,6,9-11H2,(H,29,32)/t13-,18?,19?/m0/s1. The molecular weight excluding hydrogens is 438 g/mol. The fraction of sp³-hybridized carbons (Fsp3) is 0.571. The van der Waals surface area contributed by atoms with Crippen LogP contribution >= 0.6 is 0 Å². The van der Waals surface area contributed by atoms with Gasteiger partial charge in [-0.25, -0.2) is 0 Å². The Bertz CT molecular complexity index is 1050. The summed E-state index contributed by atoms with van der Waals surface area (Å²) in [7, 11) is 0. The first-order valence-electron chi connectivity index (χ1n) is 10.4. The van der Waals surface area contributed by atoms with Gasteiger partial charge in [-0.2, -0.15) is 31.4 Å². The minimum Gasteiger partial charge on any atom is -0.347 e. The smallest absolute Gasteiger partial charge is 0.347 e. The molecule has 1 N–H and O–H groups in total. The Hall–Kier alpha value is -2.59. The van der Waals surface area contributed by atoms with E-state index in [0.717, 1.165) is 25.1 Å². The summed E-state index contributed by atoms with van der Waals surface area (Å²) in [4.78, 5) is 16.2. The maximum absolute atomic E-state index is 13.1. The number of alkyl halides is 6. The van der Waals surface area contributed by atoms with E-state index in [1.165, 1.54) is 6.07 Å². The molecule has 6 rings (SSSR count). The van der Waals surface area contributed by atoms with Crippen LogP contribution in [-0.2, 0) is 17.5 Å². The molecular formula is C21H20F6N4O.